The van der Waals surface area contributed by atoms with E-state index in [-0.39, 0.29) is 12.1 Å². The zero-order chi connectivity index (χ0) is 13.1. The minimum absolute atomic E-state index is 0.250. The largest absolute Gasteiger partial charge is 0.480 e. The molecule has 1 aliphatic rings. The third-order valence-corrected chi connectivity index (χ3v) is 3.63. The molecule has 2 N–H and O–H groups in total. The monoisotopic (exact) mass is 251 g/mol. The maximum Gasteiger partial charge on any atom is 0.320 e. The van der Waals surface area contributed by atoms with E-state index in [1.54, 1.807) is 0 Å². The number of aromatic nitrogens is 2. The highest BCUT2D eigenvalue weighted by molar-refractivity contribution is 5.73. The fourth-order valence-electron chi connectivity index (χ4n) is 2.56. The lowest BCUT2D eigenvalue weighted by molar-refractivity contribution is -0.140. The average Bonchev–Trinajstić information content (AvgIpc) is 2.70. The number of carboxylic acid groups (broad SMARTS) is 1. The zero-order valence-electron chi connectivity index (χ0n) is 11.0. The molecule has 2 heterocycles. The van der Waals surface area contributed by atoms with Crippen molar-refractivity contribution in [3.05, 3.63) is 17.5 Å². The van der Waals surface area contributed by atoms with Crippen LogP contribution in [0.1, 0.15) is 37.6 Å². The topological polar surface area (TPSA) is 67.2 Å². The summed E-state index contributed by atoms with van der Waals surface area (Å²) in [6.07, 6.45) is 4.54. The lowest BCUT2D eigenvalue weighted by atomic mass is 9.95. The van der Waals surface area contributed by atoms with Crippen LogP contribution >= 0.6 is 0 Å². The molecule has 100 valence electrons. The summed E-state index contributed by atoms with van der Waals surface area (Å²) in [6.45, 7) is 2.09. The van der Waals surface area contributed by atoms with E-state index in [0.717, 1.165) is 37.8 Å². The molecule has 0 aromatic carbocycles. The summed E-state index contributed by atoms with van der Waals surface area (Å²) in [5.74, 6) is -0.737. The van der Waals surface area contributed by atoms with E-state index >= 15 is 0 Å². The summed E-state index contributed by atoms with van der Waals surface area (Å²) in [4.78, 5) is 11.0. The molecule has 0 bridgehead atoms. The summed E-state index contributed by atoms with van der Waals surface area (Å²) in [7, 11) is 1.95. The van der Waals surface area contributed by atoms with E-state index < -0.39 is 5.97 Å². The number of hydrogen-bond donors (Lipinski definition) is 2. The Morgan fingerprint density at radius 1 is 1.61 bits per heavy atom. The number of carboxylic acids is 1. The molecule has 2 rings (SSSR count). The average molecular weight is 251 g/mol. The summed E-state index contributed by atoms with van der Waals surface area (Å²) < 4.78 is 1.91. The van der Waals surface area contributed by atoms with E-state index in [1.807, 2.05) is 11.7 Å². The Morgan fingerprint density at radius 2 is 2.39 bits per heavy atom. The Kier molecular flexibility index (Phi) is 4.01. The van der Waals surface area contributed by atoms with Crippen molar-refractivity contribution >= 4 is 5.97 Å². The molecule has 0 aliphatic carbocycles. The van der Waals surface area contributed by atoms with Gasteiger partial charge in [0.25, 0.3) is 0 Å². The lowest BCUT2D eigenvalue weighted by Gasteiger charge is -2.28. The molecule has 5 nitrogen and oxygen atoms in total. The van der Waals surface area contributed by atoms with Crippen molar-refractivity contribution < 1.29 is 9.90 Å². The van der Waals surface area contributed by atoms with E-state index in [1.165, 1.54) is 5.69 Å². The number of rotatable bonds is 4. The van der Waals surface area contributed by atoms with Crippen molar-refractivity contribution in [1.29, 1.82) is 0 Å². The Bertz CT molecular complexity index is 428. The molecular formula is C13H21N3O2. The molecule has 1 aliphatic heterocycles. The first-order chi connectivity index (χ1) is 8.60. The minimum Gasteiger partial charge on any atom is -0.480 e. The van der Waals surface area contributed by atoms with Crippen LogP contribution in [-0.2, 0) is 24.7 Å². The molecule has 0 radical (unpaired) electrons. The molecular weight excluding hydrogens is 230 g/mol. The quantitative estimate of drug-likeness (QED) is 0.841. The number of aliphatic carboxylic acids is 1. The molecule has 2 atom stereocenters. The van der Waals surface area contributed by atoms with Crippen molar-refractivity contribution in [2.45, 2.75) is 51.1 Å². The molecule has 0 spiro atoms. The number of hydrogen-bond acceptors (Lipinski definition) is 3. The van der Waals surface area contributed by atoms with Crippen molar-refractivity contribution in [3.63, 3.8) is 0 Å². The Hall–Kier alpha value is -1.36. The second kappa shape index (κ2) is 5.52. The fourth-order valence-corrected chi connectivity index (χ4v) is 2.56. The number of nitrogens with one attached hydrogen (secondary N) is 1. The van der Waals surface area contributed by atoms with Gasteiger partial charge in [0.05, 0.1) is 5.69 Å². The summed E-state index contributed by atoms with van der Waals surface area (Å²) in [5, 5.41) is 16.7. The van der Waals surface area contributed by atoms with Crippen molar-refractivity contribution in [3.8, 4) is 0 Å². The van der Waals surface area contributed by atoms with Gasteiger partial charge in [0.2, 0.25) is 0 Å². The first kappa shape index (κ1) is 13.1. The molecule has 2 unspecified atom stereocenters. The standard InChI is InChI=1S/C13H21N3O2/c1-3-9-7-11(16(2)15-9)8-10-5-4-6-12(14-10)13(17)18/h7,10,12,14H,3-6,8H2,1-2H3,(H,17,18). The number of aryl methyl sites for hydroxylation is 2. The Labute approximate surface area is 107 Å². The smallest absolute Gasteiger partial charge is 0.320 e. The van der Waals surface area contributed by atoms with E-state index in [2.05, 4.69) is 23.4 Å². The van der Waals surface area contributed by atoms with Crippen LogP contribution in [0.25, 0.3) is 0 Å². The summed E-state index contributed by atoms with van der Waals surface area (Å²) >= 11 is 0. The third kappa shape index (κ3) is 2.90. The second-order valence-electron chi connectivity index (χ2n) is 4.99. The molecule has 5 heteroatoms. The van der Waals surface area contributed by atoms with Gasteiger partial charge in [-0.3, -0.25) is 9.48 Å². The van der Waals surface area contributed by atoms with Gasteiger partial charge in [-0.05, 0) is 31.7 Å². The highest BCUT2D eigenvalue weighted by Crippen LogP contribution is 2.17. The lowest BCUT2D eigenvalue weighted by Crippen LogP contribution is -2.47. The van der Waals surface area contributed by atoms with Crippen LogP contribution in [0.3, 0.4) is 0 Å². The molecule has 1 aromatic heterocycles. The van der Waals surface area contributed by atoms with Gasteiger partial charge in [0.1, 0.15) is 6.04 Å². The van der Waals surface area contributed by atoms with Crippen LogP contribution in [0.15, 0.2) is 6.07 Å². The molecule has 1 fully saturated rings. The van der Waals surface area contributed by atoms with Crippen molar-refractivity contribution in [2.24, 2.45) is 7.05 Å². The first-order valence-electron chi connectivity index (χ1n) is 6.60. The van der Waals surface area contributed by atoms with Gasteiger partial charge < -0.3 is 10.4 Å². The zero-order valence-corrected chi connectivity index (χ0v) is 11.0. The van der Waals surface area contributed by atoms with Gasteiger partial charge in [-0.2, -0.15) is 5.10 Å². The number of carbonyl (C=O) groups is 1. The molecule has 1 saturated heterocycles. The van der Waals surface area contributed by atoms with Crippen LogP contribution in [0, 0.1) is 0 Å². The molecule has 1 aromatic rings. The van der Waals surface area contributed by atoms with Gasteiger partial charge in [0.15, 0.2) is 0 Å². The summed E-state index contributed by atoms with van der Waals surface area (Å²) in [6, 6.07) is 1.98. The van der Waals surface area contributed by atoms with Gasteiger partial charge in [-0.15, -0.1) is 0 Å². The number of nitrogens with zero attached hydrogens (tertiary/aromatic N) is 2. The highest BCUT2D eigenvalue weighted by Gasteiger charge is 2.26. The van der Waals surface area contributed by atoms with Gasteiger partial charge in [0, 0.05) is 25.2 Å². The van der Waals surface area contributed by atoms with Crippen LogP contribution in [0.5, 0.6) is 0 Å². The normalized spacial score (nSPS) is 24.1. The predicted molar refractivity (Wildman–Crippen MR) is 68.5 cm³/mol. The Morgan fingerprint density at radius 3 is 3.00 bits per heavy atom. The van der Waals surface area contributed by atoms with E-state index in [4.69, 9.17) is 5.11 Å². The highest BCUT2D eigenvalue weighted by atomic mass is 16.4. The maximum atomic E-state index is 11.0. The third-order valence-electron chi connectivity index (χ3n) is 3.63. The fraction of sp³-hybridized carbons (Fsp3) is 0.692. The van der Waals surface area contributed by atoms with Gasteiger partial charge in [-0.1, -0.05) is 6.92 Å². The minimum atomic E-state index is -0.737. The van der Waals surface area contributed by atoms with Gasteiger partial charge in [-0.25, -0.2) is 0 Å². The van der Waals surface area contributed by atoms with Gasteiger partial charge >= 0.3 is 5.97 Å². The van der Waals surface area contributed by atoms with Crippen molar-refractivity contribution in [2.75, 3.05) is 0 Å². The van der Waals surface area contributed by atoms with E-state index in [0.29, 0.717) is 0 Å². The second-order valence-corrected chi connectivity index (χ2v) is 4.99. The summed E-state index contributed by atoms with van der Waals surface area (Å²) in [5.41, 5.74) is 2.27. The molecule has 0 amide bonds. The SMILES string of the molecule is CCc1cc(CC2CCCC(C(=O)O)N2)n(C)n1. The molecule has 0 saturated carbocycles. The molecule has 18 heavy (non-hydrogen) atoms. The van der Waals surface area contributed by atoms with E-state index in [9.17, 15) is 4.79 Å². The Balaban J connectivity index is 2.00. The predicted octanol–water partition coefficient (Wildman–Crippen LogP) is 1.12. The van der Waals surface area contributed by atoms with Crippen LogP contribution in [0.4, 0.5) is 0 Å². The van der Waals surface area contributed by atoms with Crippen LogP contribution < -0.4 is 5.32 Å². The van der Waals surface area contributed by atoms with Crippen LogP contribution in [0.2, 0.25) is 0 Å². The maximum absolute atomic E-state index is 11.0. The first-order valence-corrected chi connectivity index (χ1v) is 6.60. The van der Waals surface area contributed by atoms with Crippen LogP contribution in [-0.4, -0.2) is 32.9 Å². The van der Waals surface area contributed by atoms with Crippen molar-refractivity contribution in [1.82, 2.24) is 15.1 Å². The number of piperidine rings is 1.